The van der Waals surface area contributed by atoms with E-state index in [-0.39, 0.29) is 11.8 Å². The van der Waals surface area contributed by atoms with Crippen LogP contribution in [0, 0.1) is 5.41 Å². The fourth-order valence-corrected chi connectivity index (χ4v) is 3.52. The molecule has 5 heteroatoms. The summed E-state index contributed by atoms with van der Waals surface area (Å²) in [5.74, 6) is 0.394. The maximum absolute atomic E-state index is 12.8. The van der Waals surface area contributed by atoms with Crippen molar-refractivity contribution in [2.45, 2.75) is 38.5 Å². The molecular weight excluding hydrogens is 268 g/mol. The Bertz CT molecular complexity index is 591. The van der Waals surface area contributed by atoms with E-state index >= 15 is 0 Å². The number of nitrogens with two attached hydrogens (primary N) is 1. The zero-order chi connectivity index (χ0) is 15.0. The van der Waals surface area contributed by atoms with Crippen LogP contribution in [0.15, 0.2) is 18.2 Å². The SMILES string of the molecule is COc1ccc(N2C(=O)CC3(CCCCC3)C2=O)c(N)c1. The van der Waals surface area contributed by atoms with Gasteiger partial charge in [-0.25, -0.2) is 4.90 Å². The third kappa shape index (κ3) is 2.17. The number of benzene rings is 1. The number of nitrogen functional groups attached to an aromatic ring is 1. The molecule has 2 aliphatic rings. The van der Waals surface area contributed by atoms with Gasteiger partial charge in [-0.05, 0) is 25.0 Å². The van der Waals surface area contributed by atoms with Crippen molar-refractivity contribution >= 4 is 23.2 Å². The average Bonchev–Trinajstić information content (AvgIpc) is 2.71. The molecule has 0 bridgehead atoms. The van der Waals surface area contributed by atoms with Gasteiger partial charge < -0.3 is 10.5 Å². The predicted octanol–water partition coefficient (Wildman–Crippen LogP) is 2.49. The topological polar surface area (TPSA) is 72.6 Å². The highest BCUT2D eigenvalue weighted by Gasteiger charge is 2.52. The van der Waals surface area contributed by atoms with Gasteiger partial charge >= 0.3 is 0 Å². The third-order valence-corrected chi connectivity index (χ3v) is 4.68. The van der Waals surface area contributed by atoms with Gasteiger partial charge in [-0.3, -0.25) is 9.59 Å². The second kappa shape index (κ2) is 5.06. The van der Waals surface area contributed by atoms with E-state index in [0.29, 0.717) is 23.5 Å². The Hall–Kier alpha value is -2.04. The largest absolute Gasteiger partial charge is 0.497 e. The molecule has 1 aliphatic heterocycles. The lowest BCUT2D eigenvalue weighted by Gasteiger charge is -2.30. The fraction of sp³-hybridized carbons (Fsp3) is 0.500. The van der Waals surface area contributed by atoms with Crippen molar-refractivity contribution in [2.24, 2.45) is 5.41 Å². The van der Waals surface area contributed by atoms with Gasteiger partial charge in [0.25, 0.3) is 0 Å². The van der Waals surface area contributed by atoms with Crippen LogP contribution in [0.3, 0.4) is 0 Å². The summed E-state index contributed by atoms with van der Waals surface area (Å²) < 4.78 is 5.11. The van der Waals surface area contributed by atoms with E-state index in [2.05, 4.69) is 0 Å². The molecule has 0 unspecified atom stereocenters. The summed E-state index contributed by atoms with van der Waals surface area (Å²) in [7, 11) is 1.55. The molecule has 2 N–H and O–H groups in total. The van der Waals surface area contributed by atoms with E-state index < -0.39 is 5.41 Å². The van der Waals surface area contributed by atoms with Crippen LogP contribution in [0.25, 0.3) is 0 Å². The lowest BCUT2D eigenvalue weighted by atomic mass is 9.73. The van der Waals surface area contributed by atoms with E-state index in [4.69, 9.17) is 10.5 Å². The molecule has 1 aromatic rings. The number of carbonyl (C=O) groups is 2. The van der Waals surface area contributed by atoms with Gasteiger partial charge in [0.15, 0.2) is 0 Å². The van der Waals surface area contributed by atoms with Crippen LogP contribution in [-0.4, -0.2) is 18.9 Å². The molecule has 1 heterocycles. The van der Waals surface area contributed by atoms with Crippen molar-refractivity contribution < 1.29 is 14.3 Å². The van der Waals surface area contributed by atoms with Gasteiger partial charge in [0.1, 0.15) is 5.75 Å². The zero-order valence-corrected chi connectivity index (χ0v) is 12.2. The molecule has 1 saturated carbocycles. The van der Waals surface area contributed by atoms with Crippen LogP contribution >= 0.6 is 0 Å². The molecule has 1 aliphatic carbocycles. The molecule has 5 nitrogen and oxygen atoms in total. The number of nitrogens with zero attached hydrogens (tertiary/aromatic N) is 1. The Balaban J connectivity index is 1.95. The molecule has 21 heavy (non-hydrogen) atoms. The normalized spacial score (nSPS) is 21.1. The molecule has 112 valence electrons. The standard InChI is InChI=1S/C16H20N2O3/c1-21-11-5-6-13(12(17)9-11)18-14(19)10-16(15(18)20)7-3-2-4-8-16/h5-6,9H,2-4,7-8,10,17H2,1H3. The summed E-state index contributed by atoms with van der Waals surface area (Å²) in [4.78, 5) is 26.5. The van der Waals surface area contributed by atoms with Crippen LogP contribution in [-0.2, 0) is 9.59 Å². The van der Waals surface area contributed by atoms with Gasteiger partial charge in [-0.1, -0.05) is 19.3 Å². The van der Waals surface area contributed by atoms with E-state index in [9.17, 15) is 9.59 Å². The minimum absolute atomic E-state index is 0.0796. The quantitative estimate of drug-likeness (QED) is 0.670. The van der Waals surface area contributed by atoms with Crippen molar-refractivity contribution in [3.63, 3.8) is 0 Å². The molecule has 1 aromatic carbocycles. The first kappa shape index (κ1) is 13.9. The van der Waals surface area contributed by atoms with Crippen LogP contribution in [0.2, 0.25) is 0 Å². The highest BCUT2D eigenvalue weighted by Crippen LogP contribution is 2.47. The highest BCUT2D eigenvalue weighted by molar-refractivity contribution is 6.23. The lowest BCUT2D eigenvalue weighted by Crippen LogP contribution is -2.37. The number of anilines is 2. The van der Waals surface area contributed by atoms with Crippen molar-refractivity contribution in [2.75, 3.05) is 17.7 Å². The number of hydrogen-bond acceptors (Lipinski definition) is 4. The van der Waals surface area contributed by atoms with E-state index in [1.54, 1.807) is 25.3 Å². The number of imide groups is 1. The molecule has 1 saturated heterocycles. The maximum Gasteiger partial charge on any atom is 0.240 e. The van der Waals surface area contributed by atoms with Crippen LogP contribution < -0.4 is 15.4 Å². The predicted molar refractivity (Wildman–Crippen MR) is 80.0 cm³/mol. The van der Waals surface area contributed by atoms with E-state index in [1.807, 2.05) is 0 Å². The fourth-order valence-electron chi connectivity index (χ4n) is 3.52. The lowest BCUT2D eigenvalue weighted by molar-refractivity contribution is -0.127. The summed E-state index contributed by atoms with van der Waals surface area (Å²) >= 11 is 0. The number of rotatable bonds is 2. The first-order valence-electron chi connectivity index (χ1n) is 7.38. The smallest absolute Gasteiger partial charge is 0.240 e. The number of hydrogen-bond donors (Lipinski definition) is 1. The third-order valence-electron chi connectivity index (χ3n) is 4.68. The second-order valence-corrected chi connectivity index (χ2v) is 5.98. The monoisotopic (exact) mass is 288 g/mol. The molecule has 2 amide bonds. The second-order valence-electron chi connectivity index (χ2n) is 5.98. The molecular formula is C16H20N2O3. The Morgan fingerprint density at radius 1 is 1.19 bits per heavy atom. The summed E-state index contributed by atoms with van der Waals surface area (Å²) in [6.45, 7) is 0. The van der Waals surface area contributed by atoms with Crippen LogP contribution in [0.1, 0.15) is 38.5 Å². The van der Waals surface area contributed by atoms with Crippen molar-refractivity contribution in [1.29, 1.82) is 0 Å². The summed E-state index contributed by atoms with van der Waals surface area (Å²) in [6.07, 6.45) is 5.12. The molecule has 0 aromatic heterocycles. The van der Waals surface area contributed by atoms with Gasteiger partial charge in [-0.15, -0.1) is 0 Å². The van der Waals surface area contributed by atoms with Crippen molar-refractivity contribution in [3.05, 3.63) is 18.2 Å². The molecule has 1 spiro atoms. The number of carbonyl (C=O) groups excluding carboxylic acids is 2. The van der Waals surface area contributed by atoms with E-state index in [0.717, 1.165) is 32.1 Å². The zero-order valence-electron chi connectivity index (χ0n) is 12.2. The maximum atomic E-state index is 12.8. The van der Waals surface area contributed by atoms with Crippen LogP contribution in [0.4, 0.5) is 11.4 Å². The van der Waals surface area contributed by atoms with Gasteiger partial charge in [-0.2, -0.15) is 0 Å². The Morgan fingerprint density at radius 3 is 2.52 bits per heavy atom. The number of ether oxygens (including phenoxy) is 1. The Kier molecular flexibility index (Phi) is 3.35. The summed E-state index contributed by atoms with van der Waals surface area (Å²) in [5.41, 5.74) is 6.38. The summed E-state index contributed by atoms with van der Waals surface area (Å²) in [6, 6.07) is 5.05. The molecule has 2 fully saturated rings. The molecule has 0 radical (unpaired) electrons. The van der Waals surface area contributed by atoms with Gasteiger partial charge in [0.2, 0.25) is 11.8 Å². The van der Waals surface area contributed by atoms with Crippen molar-refractivity contribution in [3.8, 4) is 5.75 Å². The Labute approximate surface area is 124 Å². The average molecular weight is 288 g/mol. The van der Waals surface area contributed by atoms with Gasteiger partial charge in [0, 0.05) is 12.5 Å². The first-order valence-corrected chi connectivity index (χ1v) is 7.38. The minimum Gasteiger partial charge on any atom is -0.497 e. The summed E-state index contributed by atoms with van der Waals surface area (Å²) in [5, 5.41) is 0. The number of amides is 2. The van der Waals surface area contributed by atoms with Crippen molar-refractivity contribution in [1.82, 2.24) is 0 Å². The first-order chi connectivity index (χ1) is 10.1. The molecule has 0 atom stereocenters. The number of methoxy groups -OCH3 is 1. The molecule has 3 rings (SSSR count). The van der Waals surface area contributed by atoms with Gasteiger partial charge in [0.05, 0.1) is 23.9 Å². The Morgan fingerprint density at radius 2 is 1.90 bits per heavy atom. The minimum atomic E-state index is -0.484. The highest BCUT2D eigenvalue weighted by atomic mass is 16.5. The van der Waals surface area contributed by atoms with Crippen LogP contribution in [0.5, 0.6) is 5.75 Å². The van der Waals surface area contributed by atoms with E-state index in [1.165, 1.54) is 4.90 Å².